The van der Waals surface area contributed by atoms with Gasteiger partial charge in [-0.05, 0) is 24.3 Å². The molecular weight excluding hydrogens is 196 g/mol. The third-order valence-corrected chi connectivity index (χ3v) is 1.75. The van der Waals surface area contributed by atoms with Crippen LogP contribution in [0.5, 0.6) is 5.75 Å². The molecule has 0 saturated heterocycles. The molecule has 0 bridgehead atoms. The highest BCUT2D eigenvalue weighted by Gasteiger charge is 1.84. The molecule has 0 aliphatic carbocycles. The largest absolute Gasteiger partial charge is 0.508 e. The van der Waals surface area contributed by atoms with E-state index in [-0.39, 0.29) is 5.75 Å². The van der Waals surface area contributed by atoms with E-state index in [2.05, 4.69) is 0 Å². The summed E-state index contributed by atoms with van der Waals surface area (Å²) in [5.74, 6) is 0.245. The number of halogens is 1. The van der Waals surface area contributed by atoms with Gasteiger partial charge in [-0.15, -0.1) is 0 Å². The monoisotopic (exact) mass is 206 g/mol. The van der Waals surface area contributed by atoms with Crippen molar-refractivity contribution < 1.29 is 5.11 Å². The van der Waals surface area contributed by atoms with Crippen molar-refractivity contribution in [2.75, 3.05) is 0 Å². The summed E-state index contributed by atoms with van der Waals surface area (Å²) in [6.07, 6.45) is 0. The number of aromatic hydroxyl groups is 1. The van der Waals surface area contributed by atoms with E-state index in [4.69, 9.17) is 16.7 Å². The smallest absolute Gasteiger partial charge is 0.115 e. The summed E-state index contributed by atoms with van der Waals surface area (Å²) in [4.78, 5) is 0. The highest BCUT2D eigenvalue weighted by atomic mass is 35.5. The summed E-state index contributed by atoms with van der Waals surface area (Å²) >= 11 is 5.50. The Bertz CT molecular complexity index is 295. The molecule has 0 amide bonds. The Labute approximate surface area is 88.6 Å². The van der Waals surface area contributed by atoms with E-state index < -0.39 is 0 Å². The molecule has 0 aliphatic heterocycles. The topological polar surface area (TPSA) is 20.2 Å². The lowest BCUT2D eigenvalue weighted by atomic mass is 10.3. The van der Waals surface area contributed by atoms with E-state index >= 15 is 0 Å². The van der Waals surface area contributed by atoms with Gasteiger partial charge in [0.2, 0.25) is 0 Å². The molecular formula is C12H11ClO. The fraction of sp³-hybridized carbons (Fsp3) is 0. The minimum absolute atomic E-state index is 0.245. The molecule has 72 valence electrons. The average molecular weight is 207 g/mol. The fourth-order valence-corrected chi connectivity index (χ4v) is 0.952. The highest BCUT2D eigenvalue weighted by Crippen LogP contribution is 2.12. The Morgan fingerprint density at radius 2 is 1.07 bits per heavy atom. The Hall–Kier alpha value is -1.47. The second-order valence-electron chi connectivity index (χ2n) is 2.63. The standard InChI is InChI=1S/C6H5ClO.C6H6/c7-5-1-3-6(8)4-2-5;1-2-4-6-5-3-1/h1-4,8H;1-6H. The zero-order valence-electron chi connectivity index (χ0n) is 7.60. The first-order valence-corrected chi connectivity index (χ1v) is 4.61. The maximum Gasteiger partial charge on any atom is 0.115 e. The van der Waals surface area contributed by atoms with E-state index in [0.29, 0.717) is 5.02 Å². The van der Waals surface area contributed by atoms with Gasteiger partial charge in [-0.1, -0.05) is 48.0 Å². The molecule has 2 aromatic carbocycles. The quantitative estimate of drug-likeness (QED) is 0.697. The molecule has 2 heteroatoms. The molecule has 0 aliphatic rings. The highest BCUT2D eigenvalue weighted by molar-refractivity contribution is 6.30. The van der Waals surface area contributed by atoms with Crippen molar-refractivity contribution in [2.24, 2.45) is 0 Å². The van der Waals surface area contributed by atoms with Crippen molar-refractivity contribution in [3.05, 3.63) is 65.7 Å². The maximum absolute atomic E-state index is 8.70. The van der Waals surface area contributed by atoms with Gasteiger partial charge < -0.3 is 5.11 Å². The zero-order chi connectivity index (χ0) is 10.2. The number of phenolic OH excluding ortho intramolecular Hbond substituents is 1. The van der Waals surface area contributed by atoms with Crippen LogP contribution in [0.25, 0.3) is 0 Å². The number of hydrogen-bond donors (Lipinski definition) is 1. The van der Waals surface area contributed by atoms with Gasteiger partial charge in [-0.25, -0.2) is 0 Å². The van der Waals surface area contributed by atoms with Crippen LogP contribution < -0.4 is 0 Å². The lowest BCUT2D eigenvalue weighted by Gasteiger charge is -1.87. The number of rotatable bonds is 0. The van der Waals surface area contributed by atoms with Crippen molar-refractivity contribution in [3.8, 4) is 5.75 Å². The number of benzene rings is 2. The number of phenols is 1. The molecule has 0 atom stereocenters. The molecule has 0 unspecified atom stereocenters. The normalized spacial score (nSPS) is 8.64. The summed E-state index contributed by atoms with van der Waals surface area (Å²) < 4.78 is 0. The van der Waals surface area contributed by atoms with Crippen LogP contribution in [0.15, 0.2) is 60.7 Å². The van der Waals surface area contributed by atoms with E-state index in [9.17, 15) is 0 Å². The first kappa shape index (κ1) is 10.6. The van der Waals surface area contributed by atoms with Crippen LogP contribution in [0.4, 0.5) is 0 Å². The Balaban J connectivity index is 0.000000146. The van der Waals surface area contributed by atoms with Crippen molar-refractivity contribution in [1.82, 2.24) is 0 Å². The molecule has 0 saturated carbocycles. The van der Waals surface area contributed by atoms with E-state index in [1.54, 1.807) is 24.3 Å². The first-order valence-electron chi connectivity index (χ1n) is 4.23. The first-order chi connectivity index (χ1) is 6.79. The molecule has 1 nitrogen and oxygen atoms in total. The summed E-state index contributed by atoms with van der Waals surface area (Å²) in [7, 11) is 0. The number of hydrogen-bond acceptors (Lipinski definition) is 1. The SMILES string of the molecule is Oc1ccc(Cl)cc1.c1ccccc1. The van der Waals surface area contributed by atoms with Crippen molar-refractivity contribution in [3.63, 3.8) is 0 Å². The van der Waals surface area contributed by atoms with Gasteiger partial charge in [0.05, 0.1) is 0 Å². The molecule has 2 rings (SSSR count). The van der Waals surface area contributed by atoms with Crippen LogP contribution in [0.3, 0.4) is 0 Å². The zero-order valence-corrected chi connectivity index (χ0v) is 8.35. The van der Waals surface area contributed by atoms with E-state index in [0.717, 1.165) is 0 Å². The predicted molar refractivity (Wildman–Crippen MR) is 59.6 cm³/mol. The molecule has 2 aromatic rings. The van der Waals surface area contributed by atoms with Gasteiger partial charge in [-0.3, -0.25) is 0 Å². The molecule has 14 heavy (non-hydrogen) atoms. The summed E-state index contributed by atoms with van der Waals surface area (Å²) in [5, 5.41) is 9.34. The van der Waals surface area contributed by atoms with E-state index in [1.807, 2.05) is 36.4 Å². The van der Waals surface area contributed by atoms with Crippen LogP contribution in [-0.2, 0) is 0 Å². The lowest BCUT2D eigenvalue weighted by Crippen LogP contribution is -1.61. The van der Waals surface area contributed by atoms with Gasteiger partial charge in [-0.2, -0.15) is 0 Å². The lowest BCUT2D eigenvalue weighted by molar-refractivity contribution is 0.475. The van der Waals surface area contributed by atoms with Crippen LogP contribution in [0.1, 0.15) is 0 Å². The molecule has 0 heterocycles. The fourth-order valence-electron chi connectivity index (χ4n) is 0.826. The predicted octanol–water partition coefficient (Wildman–Crippen LogP) is 3.73. The van der Waals surface area contributed by atoms with Gasteiger partial charge in [0.15, 0.2) is 0 Å². The molecule has 0 fully saturated rings. The molecule has 0 spiro atoms. The Morgan fingerprint density at radius 1 is 0.714 bits per heavy atom. The van der Waals surface area contributed by atoms with Crippen LogP contribution in [-0.4, -0.2) is 5.11 Å². The van der Waals surface area contributed by atoms with Crippen LogP contribution in [0.2, 0.25) is 5.02 Å². The minimum Gasteiger partial charge on any atom is -0.508 e. The summed E-state index contributed by atoms with van der Waals surface area (Å²) in [6, 6.07) is 18.4. The second-order valence-corrected chi connectivity index (χ2v) is 3.07. The summed E-state index contributed by atoms with van der Waals surface area (Å²) in [5.41, 5.74) is 0. The van der Waals surface area contributed by atoms with Crippen molar-refractivity contribution >= 4 is 11.6 Å². The molecule has 0 radical (unpaired) electrons. The third kappa shape index (κ3) is 4.53. The van der Waals surface area contributed by atoms with Gasteiger partial charge in [0.1, 0.15) is 5.75 Å². The van der Waals surface area contributed by atoms with Gasteiger partial charge in [0, 0.05) is 5.02 Å². The Kier molecular flexibility index (Phi) is 4.59. The maximum atomic E-state index is 8.70. The van der Waals surface area contributed by atoms with Crippen molar-refractivity contribution in [2.45, 2.75) is 0 Å². The summed E-state index contributed by atoms with van der Waals surface area (Å²) in [6.45, 7) is 0. The van der Waals surface area contributed by atoms with E-state index in [1.165, 1.54) is 0 Å². The third-order valence-electron chi connectivity index (χ3n) is 1.49. The van der Waals surface area contributed by atoms with Gasteiger partial charge >= 0.3 is 0 Å². The van der Waals surface area contributed by atoms with Gasteiger partial charge in [0.25, 0.3) is 0 Å². The van der Waals surface area contributed by atoms with Crippen molar-refractivity contribution in [1.29, 1.82) is 0 Å². The minimum atomic E-state index is 0.245. The second kappa shape index (κ2) is 6.06. The molecule has 1 N–H and O–H groups in total. The average Bonchev–Trinajstić information content (AvgIpc) is 2.26. The molecule has 0 aromatic heterocycles. The van der Waals surface area contributed by atoms with Crippen LogP contribution in [0, 0.1) is 0 Å². The Morgan fingerprint density at radius 3 is 1.36 bits per heavy atom. The van der Waals surface area contributed by atoms with Crippen LogP contribution >= 0.6 is 11.6 Å².